The maximum atomic E-state index is 10.9. The summed E-state index contributed by atoms with van der Waals surface area (Å²) in [6.07, 6.45) is 0. The molecule has 0 saturated carbocycles. The van der Waals surface area contributed by atoms with E-state index in [4.69, 9.17) is 10.6 Å². The van der Waals surface area contributed by atoms with Gasteiger partial charge in [-0.3, -0.25) is 5.43 Å². The molecule has 2 amide bonds. The molecule has 0 bridgehead atoms. The van der Waals surface area contributed by atoms with Crippen LogP contribution in [0.4, 0.5) is 4.79 Å². The summed E-state index contributed by atoms with van der Waals surface area (Å²) in [5.74, 6) is 5.65. The quantitative estimate of drug-likeness (QED) is 0.439. The van der Waals surface area contributed by atoms with Gasteiger partial charge in [-0.05, 0) is 18.2 Å². The molecule has 0 aromatic heterocycles. The average molecular weight is 274 g/mol. The van der Waals surface area contributed by atoms with Crippen LogP contribution >= 0.6 is 15.9 Å². The number of urea groups is 1. The summed E-state index contributed by atoms with van der Waals surface area (Å²) < 4.78 is 6.07. The van der Waals surface area contributed by atoms with E-state index in [0.29, 0.717) is 6.54 Å². The summed E-state index contributed by atoms with van der Waals surface area (Å²) in [5, 5.41) is 2.57. The maximum Gasteiger partial charge on any atom is 0.329 e. The molecular weight excluding hydrogens is 262 g/mol. The second kappa shape index (κ2) is 5.57. The summed E-state index contributed by atoms with van der Waals surface area (Å²) >= 11 is 3.34. The molecule has 6 heteroatoms. The molecule has 0 heterocycles. The number of nitrogens with two attached hydrogens (primary N) is 1. The number of nitrogens with one attached hydrogen (secondary N) is 2. The van der Waals surface area contributed by atoms with E-state index in [1.54, 1.807) is 7.11 Å². The SMILES string of the molecule is COc1ccc(Br)cc1CNC(=O)NN. The zero-order valence-corrected chi connectivity index (χ0v) is 9.80. The van der Waals surface area contributed by atoms with Gasteiger partial charge < -0.3 is 10.1 Å². The number of rotatable bonds is 3. The Kier molecular flexibility index (Phi) is 4.38. The Labute approximate surface area is 96.1 Å². The van der Waals surface area contributed by atoms with Gasteiger partial charge in [0.05, 0.1) is 7.11 Å². The van der Waals surface area contributed by atoms with Crippen LogP contribution in [0.3, 0.4) is 0 Å². The van der Waals surface area contributed by atoms with Gasteiger partial charge in [-0.1, -0.05) is 15.9 Å². The van der Waals surface area contributed by atoms with Gasteiger partial charge in [0.1, 0.15) is 5.75 Å². The molecule has 0 aliphatic rings. The lowest BCUT2D eigenvalue weighted by Gasteiger charge is -2.09. The Morgan fingerprint density at radius 2 is 2.33 bits per heavy atom. The number of carbonyl (C=O) groups excluding carboxylic acids is 1. The molecule has 1 aromatic carbocycles. The lowest BCUT2D eigenvalue weighted by molar-refractivity contribution is 0.240. The molecule has 0 atom stereocenters. The number of hydrogen-bond donors (Lipinski definition) is 3. The van der Waals surface area contributed by atoms with Gasteiger partial charge in [0, 0.05) is 16.6 Å². The van der Waals surface area contributed by atoms with Crippen molar-refractivity contribution in [2.75, 3.05) is 7.11 Å². The molecule has 5 nitrogen and oxygen atoms in total. The van der Waals surface area contributed by atoms with Crippen molar-refractivity contribution in [3.8, 4) is 5.75 Å². The first kappa shape index (κ1) is 11.8. The fourth-order valence-corrected chi connectivity index (χ4v) is 1.52. The van der Waals surface area contributed by atoms with Crippen molar-refractivity contribution in [3.63, 3.8) is 0 Å². The van der Waals surface area contributed by atoms with E-state index in [2.05, 4.69) is 21.2 Å². The number of methoxy groups -OCH3 is 1. The predicted molar refractivity (Wildman–Crippen MR) is 60.3 cm³/mol. The number of hydrogen-bond acceptors (Lipinski definition) is 3. The van der Waals surface area contributed by atoms with Crippen LogP contribution in [0.1, 0.15) is 5.56 Å². The Balaban J connectivity index is 2.74. The molecule has 0 radical (unpaired) electrons. The van der Waals surface area contributed by atoms with Crippen LogP contribution in [-0.2, 0) is 6.54 Å². The van der Waals surface area contributed by atoms with Crippen LogP contribution in [0.15, 0.2) is 22.7 Å². The standard InChI is InChI=1S/C9H12BrN3O2/c1-15-8-3-2-7(10)4-6(8)5-12-9(14)13-11/h2-4H,5,11H2,1H3,(H2,12,13,14). The number of halogens is 1. The molecule has 82 valence electrons. The van der Waals surface area contributed by atoms with E-state index in [-0.39, 0.29) is 0 Å². The number of carbonyl (C=O) groups is 1. The van der Waals surface area contributed by atoms with Gasteiger partial charge >= 0.3 is 6.03 Å². The number of amides is 2. The predicted octanol–water partition coefficient (Wildman–Crippen LogP) is 1.13. The normalized spacial score (nSPS) is 9.53. The van der Waals surface area contributed by atoms with Crippen molar-refractivity contribution in [3.05, 3.63) is 28.2 Å². The van der Waals surface area contributed by atoms with Gasteiger partial charge in [-0.15, -0.1) is 0 Å². The first-order valence-corrected chi connectivity index (χ1v) is 5.03. The molecular formula is C9H12BrN3O2. The lowest BCUT2D eigenvalue weighted by atomic mass is 10.2. The third-order valence-electron chi connectivity index (χ3n) is 1.81. The van der Waals surface area contributed by atoms with E-state index >= 15 is 0 Å². The molecule has 0 unspecified atom stereocenters. The fourth-order valence-electron chi connectivity index (χ4n) is 1.11. The minimum absolute atomic E-state index is 0.353. The highest BCUT2D eigenvalue weighted by molar-refractivity contribution is 9.10. The summed E-state index contributed by atoms with van der Waals surface area (Å²) in [7, 11) is 1.58. The average Bonchev–Trinajstić information content (AvgIpc) is 2.26. The summed E-state index contributed by atoms with van der Waals surface area (Å²) in [6.45, 7) is 0.353. The Morgan fingerprint density at radius 1 is 1.60 bits per heavy atom. The van der Waals surface area contributed by atoms with Crippen molar-refractivity contribution in [1.82, 2.24) is 10.7 Å². The van der Waals surface area contributed by atoms with Crippen LogP contribution in [0, 0.1) is 0 Å². The molecule has 0 saturated heterocycles. The molecule has 0 spiro atoms. The van der Waals surface area contributed by atoms with E-state index in [1.165, 1.54) is 0 Å². The second-order valence-electron chi connectivity index (χ2n) is 2.78. The molecule has 0 aliphatic heterocycles. The lowest BCUT2D eigenvalue weighted by Crippen LogP contribution is -2.39. The van der Waals surface area contributed by atoms with Gasteiger partial charge in [-0.2, -0.15) is 0 Å². The van der Waals surface area contributed by atoms with Crippen LogP contribution in [0.2, 0.25) is 0 Å². The van der Waals surface area contributed by atoms with Crippen molar-refractivity contribution in [2.45, 2.75) is 6.54 Å². The molecule has 4 N–H and O–H groups in total. The van der Waals surface area contributed by atoms with Gasteiger partial charge in [0.15, 0.2) is 0 Å². The molecule has 1 aromatic rings. The number of hydrazine groups is 1. The summed E-state index contributed by atoms with van der Waals surface area (Å²) in [6, 6.07) is 5.12. The first-order valence-electron chi connectivity index (χ1n) is 4.24. The summed E-state index contributed by atoms with van der Waals surface area (Å²) in [5.41, 5.74) is 2.86. The minimum atomic E-state index is -0.433. The van der Waals surface area contributed by atoms with Crippen LogP contribution in [0.5, 0.6) is 5.75 Å². The highest BCUT2D eigenvalue weighted by Gasteiger charge is 2.04. The van der Waals surface area contributed by atoms with Crippen LogP contribution in [0.25, 0.3) is 0 Å². The van der Waals surface area contributed by atoms with E-state index < -0.39 is 6.03 Å². The monoisotopic (exact) mass is 273 g/mol. The van der Waals surface area contributed by atoms with E-state index in [1.807, 2.05) is 23.6 Å². The highest BCUT2D eigenvalue weighted by Crippen LogP contribution is 2.22. The minimum Gasteiger partial charge on any atom is -0.496 e. The van der Waals surface area contributed by atoms with Crippen molar-refractivity contribution < 1.29 is 9.53 Å². The largest absolute Gasteiger partial charge is 0.496 e. The number of benzene rings is 1. The first-order chi connectivity index (χ1) is 7.17. The second-order valence-corrected chi connectivity index (χ2v) is 3.70. The molecule has 1 rings (SSSR count). The third-order valence-corrected chi connectivity index (χ3v) is 2.31. The van der Waals surface area contributed by atoms with Gasteiger partial charge in [0.25, 0.3) is 0 Å². The van der Waals surface area contributed by atoms with Crippen molar-refractivity contribution >= 4 is 22.0 Å². The zero-order chi connectivity index (χ0) is 11.3. The van der Waals surface area contributed by atoms with E-state index in [9.17, 15) is 4.79 Å². The zero-order valence-electron chi connectivity index (χ0n) is 8.21. The van der Waals surface area contributed by atoms with Gasteiger partial charge in [-0.25, -0.2) is 10.6 Å². The molecule has 0 aliphatic carbocycles. The van der Waals surface area contributed by atoms with Crippen molar-refractivity contribution in [2.24, 2.45) is 5.84 Å². The third kappa shape index (κ3) is 3.41. The smallest absolute Gasteiger partial charge is 0.329 e. The topological polar surface area (TPSA) is 76.4 Å². The van der Waals surface area contributed by atoms with Crippen molar-refractivity contribution in [1.29, 1.82) is 0 Å². The van der Waals surface area contributed by atoms with Crippen LogP contribution in [-0.4, -0.2) is 13.1 Å². The Morgan fingerprint density at radius 3 is 2.93 bits per heavy atom. The van der Waals surface area contributed by atoms with E-state index in [0.717, 1.165) is 15.8 Å². The number of ether oxygens (including phenoxy) is 1. The van der Waals surface area contributed by atoms with Gasteiger partial charge in [0.2, 0.25) is 0 Å². The highest BCUT2D eigenvalue weighted by atomic mass is 79.9. The Bertz CT molecular complexity index is 357. The fraction of sp³-hybridized carbons (Fsp3) is 0.222. The summed E-state index contributed by atoms with van der Waals surface area (Å²) in [4.78, 5) is 10.9. The molecule has 15 heavy (non-hydrogen) atoms. The Hall–Kier alpha value is -1.27. The molecule has 0 fully saturated rings. The van der Waals surface area contributed by atoms with Crippen LogP contribution < -0.4 is 21.3 Å². The maximum absolute atomic E-state index is 10.9.